The second kappa shape index (κ2) is 5.95. The lowest BCUT2D eigenvalue weighted by Gasteiger charge is -2.10. The van der Waals surface area contributed by atoms with Crippen molar-refractivity contribution in [2.45, 2.75) is 38.4 Å². The first-order chi connectivity index (χ1) is 7.20. The third-order valence-corrected chi connectivity index (χ3v) is 3.49. The number of imide groups is 1. The highest BCUT2D eigenvalue weighted by molar-refractivity contribution is 8.15. The van der Waals surface area contributed by atoms with E-state index in [1.54, 1.807) is 0 Å². The third kappa shape index (κ3) is 3.09. The predicted octanol–water partition coefficient (Wildman–Crippen LogP) is 2.82. The van der Waals surface area contributed by atoms with E-state index in [2.05, 4.69) is 6.92 Å². The van der Waals surface area contributed by atoms with E-state index in [4.69, 9.17) is 0 Å². The molecule has 0 radical (unpaired) electrons. The van der Waals surface area contributed by atoms with Gasteiger partial charge in [0.2, 0.25) is 5.91 Å². The van der Waals surface area contributed by atoms with Crippen molar-refractivity contribution in [3.05, 3.63) is 12.2 Å². The van der Waals surface area contributed by atoms with Crippen molar-refractivity contribution in [1.82, 2.24) is 4.90 Å². The van der Waals surface area contributed by atoms with Gasteiger partial charge in [0.05, 0.1) is 5.25 Å². The number of carbonyl (C=O) groups excluding carboxylic acids is 2. The number of carbonyl (C=O) groups is 2. The SMILES string of the molecule is CC=CCN1C(=O)SC(CCCC)C1=O. The van der Waals surface area contributed by atoms with Gasteiger partial charge < -0.3 is 0 Å². The van der Waals surface area contributed by atoms with Crippen molar-refractivity contribution in [3.63, 3.8) is 0 Å². The molecule has 0 aromatic heterocycles. The van der Waals surface area contributed by atoms with Crippen LogP contribution in [0.5, 0.6) is 0 Å². The molecule has 0 aromatic rings. The fourth-order valence-electron chi connectivity index (χ4n) is 1.45. The zero-order valence-electron chi connectivity index (χ0n) is 9.23. The second-order valence-corrected chi connectivity index (χ2v) is 4.69. The molecule has 1 saturated heterocycles. The summed E-state index contributed by atoms with van der Waals surface area (Å²) in [4.78, 5) is 24.6. The summed E-state index contributed by atoms with van der Waals surface area (Å²) >= 11 is 1.18. The van der Waals surface area contributed by atoms with E-state index in [1.165, 1.54) is 16.7 Å². The van der Waals surface area contributed by atoms with E-state index in [1.807, 2.05) is 19.1 Å². The van der Waals surface area contributed by atoms with Crippen LogP contribution in [0.15, 0.2) is 12.2 Å². The number of hydrogen-bond donors (Lipinski definition) is 0. The Morgan fingerprint density at radius 2 is 2.20 bits per heavy atom. The summed E-state index contributed by atoms with van der Waals surface area (Å²) in [7, 11) is 0. The molecule has 1 heterocycles. The van der Waals surface area contributed by atoms with Crippen molar-refractivity contribution in [2.75, 3.05) is 6.54 Å². The Balaban J connectivity index is 2.54. The summed E-state index contributed by atoms with van der Waals surface area (Å²) in [6, 6.07) is 0. The first-order valence-corrected chi connectivity index (χ1v) is 6.21. The minimum absolute atomic E-state index is 0.0171. The second-order valence-electron chi connectivity index (χ2n) is 3.53. The topological polar surface area (TPSA) is 37.4 Å². The van der Waals surface area contributed by atoms with Gasteiger partial charge >= 0.3 is 0 Å². The number of unbranched alkanes of at least 4 members (excludes halogenated alkanes) is 1. The van der Waals surface area contributed by atoms with E-state index in [-0.39, 0.29) is 16.4 Å². The quantitative estimate of drug-likeness (QED) is 0.678. The molecule has 1 rings (SSSR count). The van der Waals surface area contributed by atoms with Crippen LogP contribution in [0.1, 0.15) is 33.1 Å². The van der Waals surface area contributed by atoms with Crippen molar-refractivity contribution >= 4 is 22.9 Å². The first kappa shape index (κ1) is 12.3. The highest BCUT2D eigenvalue weighted by Gasteiger charge is 2.38. The molecule has 0 aromatic carbocycles. The van der Waals surface area contributed by atoms with E-state index >= 15 is 0 Å². The van der Waals surface area contributed by atoms with Crippen LogP contribution in [0.2, 0.25) is 0 Å². The van der Waals surface area contributed by atoms with Crippen LogP contribution < -0.4 is 0 Å². The van der Waals surface area contributed by atoms with Crippen LogP contribution in [-0.2, 0) is 4.79 Å². The molecule has 1 fully saturated rings. The molecule has 1 aliphatic heterocycles. The van der Waals surface area contributed by atoms with E-state index in [0.29, 0.717) is 6.54 Å². The third-order valence-electron chi connectivity index (χ3n) is 2.35. The standard InChI is InChI=1S/C11H17NO2S/c1-3-5-7-9-10(13)12(8-6-4-2)11(14)15-9/h4,6,9H,3,5,7-8H2,1-2H3. The molecular weight excluding hydrogens is 210 g/mol. The van der Waals surface area contributed by atoms with Crippen molar-refractivity contribution in [1.29, 1.82) is 0 Å². The van der Waals surface area contributed by atoms with Crippen molar-refractivity contribution in [2.24, 2.45) is 0 Å². The maximum atomic E-state index is 11.8. The molecule has 84 valence electrons. The molecule has 0 saturated carbocycles. The Bertz CT molecular complexity index is 276. The number of amides is 2. The first-order valence-electron chi connectivity index (χ1n) is 5.33. The van der Waals surface area contributed by atoms with E-state index in [0.717, 1.165) is 19.3 Å². The van der Waals surface area contributed by atoms with E-state index < -0.39 is 0 Å². The molecule has 15 heavy (non-hydrogen) atoms. The maximum absolute atomic E-state index is 11.8. The zero-order valence-corrected chi connectivity index (χ0v) is 10.0. The number of nitrogens with zero attached hydrogens (tertiary/aromatic N) is 1. The fraction of sp³-hybridized carbons (Fsp3) is 0.636. The summed E-state index contributed by atoms with van der Waals surface area (Å²) in [5.74, 6) is -0.0171. The zero-order chi connectivity index (χ0) is 11.3. The molecule has 0 aliphatic carbocycles. The highest BCUT2D eigenvalue weighted by atomic mass is 32.2. The van der Waals surface area contributed by atoms with Crippen LogP contribution >= 0.6 is 11.8 Å². The molecule has 3 nitrogen and oxygen atoms in total. The Labute approximate surface area is 94.9 Å². The van der Waals surface area contributed by atoms with Crippen molar-refractivity contribution in [3.8, 4) is 0 Å². The Morgan fingerprint density at radius 1 is 1.47 bits per heavy atom. The normalized spacial score (nSPS) is 22.0. The van der Waals surface area contributed by atoms with Gasteiger partial charge in [-0.05, 0) is 13.3 Å². The summed E-state index contributed by atoms with van der Waals surface area (Å²) in [5, 5.41) is -0.234. The van der Waals surface area contributed by atoms with Crippen LogP contribution in [0.3, 0.4) is 0 Å². The van der Waals surface area contributed by atoms with Crippen LogP contribution in [0.25, 0.3) is 0 Å². The molecule has 0 spiro atoms. The molecule has 1 unspecified atom stereocenters. The summed E-state index contributed by atoms with van der Waals surface area (Å²) in [6.45, 7) is 4.39. The molecule has 0 bridgehead atoms. The van der Waals surface area contributed by atoms with Gasteiger partial charge in [0, 0.05) is 6.54 Å². The number of allylic oxidation sites excluding steroid dienone is 1. The average Bonchev–Trinajstić information content (AvgIpc) is 2.49. The molecule has 1 aliphatic rings. The number of hydrogen-bond acceptors (Lipinski definition) is 3. The van der Waals surface area contributed by atoms with Gasteiger partial charge in [-0.3, -0.25) is 14.5 Å². The lowest BCUT2D eigenvalue weighted by molar-refractivity contribution is -0.126. The summed E-state index contributed by atoms with van der Waals surface area (Å²) in [6.07, 6.45) is 6.57. The lowest BCUT2D eigenvalue weighted by atomic mass is 10.2. The van der Waals surface area contributed by atoms with Crippen LogP contribution in [0, 0.1) is 0 Å². The van der Waals surface area contributed by atoms with Gasteiger partial charge in [0.15, 0.2) is 0 Å². The minimum Gasteiger partial charge on any atom is -0.273 e. The van der Waals surface area contributed by atoms with Crippen molar-refractivity contribution < 1.29 is 9.59 Å². The Morgan fingerprint density at radius 3 is 2.80 bits per heavy atom. The van der Waals surface area contributed by atoms with Gasteiger partial charge in [-0.2, -0.15) is 0 Å². The van der Waals surface area contributed by atoms with Gasteiger partial charge in [0.25, 0.3) is 5.24 Å². The number of rotatable bonds is 5. The maximum Gasteiger partial charge on any atom is 0.289 e. The van der Waals surface area contributed by atoms with Gasteiger partial charge in [0.1, 0.15) is 0 Å². The minimum atomic E-state index is -0.136. The number of thioether (sulfide) groups is 1. The Hall–Kier alpha value is -0.770. The molecule has 0 N–H and O–H groups in total. The molecular formula is C11H17NO2S. The van der Waals surface area contributed by atoms with Gasteiger partial charge in [-0.15, -0.1) is 0 Å². The molecule has 1 atom stereocenters. The van der Waals surface area contributed by atoms with Crippen LogP contribution in [0.4, 0.5) is 4.79 Å². The van der Waals surface area contributed by atoms with E-state index in [9.17, 15) is 9.59 Å². The largest absolute Gasteiger partial charge is 0.289 e. The van der Waals surface area contributed by atoms with Gasteiger partial charge in [-0.25, -0.2) is 0 Å². The van der Waals surface area contributed by atoms with Crippen LogP contribution in [-0.4, -0.2) is 27.8 Å². The lowest BCUT2D eigenvalue weighted by Crippen LogP contribution is -2.31. The predicted molar refractivity (Wildman–Crippen MR) is 62.8 cm³/mol. The molecule has 2 amide bonds. The summed E-state index contributed by atoms with van der Waals surface area (Å²) in [5.41, 5.74) is 0. The van der Waals surface area contributed by atoms with Gasteiger partial charge in [-0.1, -0.05) is 43.7 Å². The average molecular weight is 227 g/mol. The smallest absolute Gasteiger partial charge is 0.273 e. The molecule has 4 heteroatoms. The Kier molecular flexibility index (Phi) is 4.88. The highest BCUT2D eigenvalue weighted by Crippen LogP contribution is 2.30. The monoisotopic (exact) mass is 227 g/mol. The fourth-order valence-corrected chi connectivity index (χ4v) is 2.49. The summed E-state index contributed by atoms with van der Waals surface area (Å²) < 4.78 is 0.